The molecule has 0 saturated heterocycles. The Morgan fingerprint density at radius 1 is 1.07 bits per heavy atom. The number of amides is 1. The molecule has 1 aliphatic rings. The summed E-state index contributed by atoms with van der Waals surface area (Å²) in [4.78, 5) is 44.5. The largest absolute Gasteiger partial charge is 0.479 e. The summed E-state index contributed by atoms with van der Waals surface area (Å²) in [6, 6.07) is 16.3. The number of H-pyrrole nitrogens is 1. The van der Waals surface area contributed by atoms with Crippen LogP contribution in [0.15, 0.2) is 71.7 Å². The van der Waals surface area contributed by atoms with Crippen molar-refractivity contribution < 1.29 is 34.4 Å². The number of carbonyl (C=O) groups is 2. The number of carboxylic acids is 1. The average Bonchev–Trinajstić information content (AvgIpc) is 3.88. The van der Waals surface area contributed by atoms with Crippen LogP contribution < -0.4 is 26.6 Å². The van der Waals surface area contributed by atoms with Gasteiger partial charge in [0, 0.05) is 36.6 Å². The number of aromatic nitrogens is 1. The number of nitrogens with zero attached hydrogens (tertiary/aromatic N) is 1. The number of hydrogen-bond donors (Lipinski definition) is 6. The van der Waals surface area contributed by atoms with Gasteiger partial charge in [-0.05, 0) is 90.9 Å². The second-order valence-electron chi connectivity index (χ2n) is 11.1. The van der Waals surface area contributed by atoms with Gasteiger partial charge in [-0.1, -0.05) is 24.3 Å². The maximum atomic E-state index is 12.7. The van der Waals surface area contributed by atoms with E-state index < -0.39 is 24.2 Å². The van der Waals surface area contributed by atoms with E-state index in [-0.39, 0.29) is 18.2 Å². The molecule has 13 heteroatoms. The highest BCUT2D eigenvalue weighted by molar-refractivity contribution is 5.87. The van der Waals surface area contributed by atoms with E-state index in [2.05, 4.69) is 25.9 Å². The van der Waals surface area contributed by atoms with E-state index in [1.165, 1.54) is 12.2 Å². The molecule has 6 N–H and O–H groups in total. The smallest absolute Gasteiger partial charge is 0.411 e. The van der Waals surface area contributed by atoms with Crippen molar-refractivity contribution in [2.24, 2.45) is 0 Å². The number of hydrogen-bond acceptors (Lipinski definition) is 10. The molecule has 1 saturated carbocycles. The second kappa shape index (κ2) is 14.4. The highest BCUT2D eigenvalue weighted by Gasteiger charge is 2.32. The molecule has 3 aromatic carbocycles. The van der Waals surface area contributed by atoms with E-state index in [9.17, 15) is 24.7 Å². The first-order chi connectivity index (χ1) is 22.2. The average molecular weight is 632 g/mol. The summed E-state index contributed by atoms with van der Waals surface area (Å²) in [7, 11) is 3.30. The van der Waals surface area contributed by atoms with Gasteiger partial charge in [-0.3, -0.25) is 10.1 Å². The van der Waals surface area contributed by atoms with Crippen LogP contribution in [0.2, 0.25) is 0 Å². The minimum atomic E-state index is -1.09. The number of hydroxylamine groups is 1. The fourth-order valence-corrected chi connectivity index (χ4v) is 5.38. The number of aromatic amines is 1. The predicted molar refractivity (Wildman–Crippen MR) is 173 cm³/mol. The van der Waals surface area contributed by atoms with Gasteiger partial charge in [0.25, 0.3) is 5.56 Å². The van der Waals surface area contributed by atoms with Crippen molar-refractivity contribution >= 4 is 39.9 Å². The number of benzene rings is 3. The number of aryl methyl sites for hydroxylation is 1. The molecule has 242 valence electrons. The number of carbonyl (C=O) groups excluding carboxylic acids is 1. The van der Waals surface area contributed by atoms with Gasteiger partial charge >= 0.3 is 12.1 Å². The van der Waals surface area contributed by atoms with Gasteiger partial charge in [-0.15, -0.1) is 4.99 Å². The van der Waals surface area contributed by atoms with Gasteiger partial charge in [0.2, 0.25) is 0 Å². The highest BCUT2D eigenvalue weighted by atomic mass is 17.2. The van der Waals surface area contributed by atoms with Crippen molar-refractivity contribution in [2.75, 3.05) is 36.5 Å². The van der Waals surface area contributed by atoms with E-state index in [4.69, 9.17) is 9.47 Å². The molecule has 46 heavy (non-hydrogen) atoms. The summed E-state index contributed by atoms with van der Waals surface area (Å²) in [5, 5.41) is 30.9. The maximum Gasteiger partial charge on any atom is 0.411 e. The molecule has 0 spiro atoms. The summed E-state index contributed by atoms with van der Waals surface area (Å²) in [5.74, 6) is -1.09. The quantitative estimate of drug-likeness (QED) is 0.0807. The van der Waals surface area contributed by atoms with E-state index >= 15 is 0 Å². The van der Waals surface area contributed by atoms with E-state index in [0.717, 1.165) is 34.9 Å². The summed E-state index contributed by atoms with van der Waals surface area (Å²) in [6.07, 6.45) is 2.10. The number of methoxy groups -OCH3 is 1. The van der Waals surface area contributed by atoms with Gasteiger partial charge < -0.3 is 30.2 Å². The van der Waals surface area contributed by atoms with Crippen molar-refractivity contribution in [1.82, 2.24) is 10.3 Å². The number of rotatable bonds is 14. The molecule has 0 aliphatic heterocycles. The summed E-state index contributed by atoms with van der Waals surface area (Å²) < 4.78 is 11.1. The Balaban J connectivity index is 1.25. The van der Waals surface area contributed by atoms with Crippen molar-refractivity contribution in [3.05, 3.63) is 99.5 Å². The van der Waals surface area contributed by atoms with Crippen molar-refractivity contribution in [1.29, 1.82) is 0 Å². The van der Waals surface area contributed by atoms with Crippen molar-refractivity contribution in [2.45, 2.75) is 44.5 Å². The van der Waals surface area contributed by atoms with Crippen LogP contribution in [0.5, 0.6) is 0 Å². The van der Waals surface area contributed by atoms with Crippen LogP contribution in [-0.4, -0.2) is 54.2 Å². The molecule has 1 fully saturated rings. The standard InChI is InChI=1S/C33H37N5O8/c1-19-14-21(30(32(40)41)36-24-6-4-20-12-13-35-31(39)27(20)16-24)5-10-26(19)29(44-3)18-45-33(42)37-23-7-11-28(22(15-23)17-34-2)38(46-43)25-8-9-25/h4-7,10-16,25,29-30,34,36,43H,8-9,17-18H2,1-3H3,(H,35,39)(H,37,42)(H,40,41)/t29-,30?/m0/s1. The van der Waals surface area contributed by atoms with Crippen LogP contribution in [0.4, 0.5) is 21.9 Å². The van der Waals surface area contributed by atoms with Gasteiger partial charge in [-0.2, -0.15) is 0 Å². The fourth-order valence-electron chi connectivity index (χ4n) is 5.38. The molecule has 1 aromatic heterocycles. The van der Waals surface area contributed by atoms with Gasteiger partial charge in [0.05, 0.1) is 11.7 Å². The fraction of sp³-hybridized carbons (Fsp3) is 0.303. The Morgan fingerprint density at radius 2 is 1.85 bits per heavy atom. The normalized spacial score (nSPS) is 14.0. The lowest BCUT2D eigenvalue weighted by Gasteiger charge is -2.23. The monoisotopic (exact) mass is 631 g/mol. The maximum absolute atomic E-state index is 12.7. The molecular weight excluding hydrogens is 594 g/mol. The second-order valence-corrected chi connectivity index (χ2v) is 11.1. The van der Waals surface area contributed by atoms with Crippen LogP contribution >= 0.6 is 0 Å². The van der Waals surface area contributed by atoms with Crippen LogP contribution in [0.1, 0.15) is 47.2 Å². The third kappa shape index (κ3) is 7.46. The number of carboxylic acid groups (broad SMARTS) is 1. The van der Waals surface area contributed by atoms with Crippen LogP contribution in [0.25, 0.3) is 10.8 Å². The van der Waals surface area contributed by atoms with E-state index in [1.54, 1.807) is 73.9 Å². The molecule has 13 nitrogen and oxygen atoms in total. The highest BCUT2D eigenvalue weighted by Crippen LogP contribution is 2.35. The minimum absolute atomic E-state index is 0.0932. The summed E-state index contributed by atoms with van der Waals surface area (Å²) >= 11 is 0. The van der Waals surface area contributed by atoms with Crippen molar-refractivity contribution in [3.63, 3.8) is 0 Å². The summed E-state index contributed by atoms with van der Waals surface area (Å²) in [6.45, 7) is 2.21. The lowest BCUT2D eigenvalue weighted by atomic mass is 9.97. The Hall–Kier alpha value is -4.95. The number of fused-ring (bicyclic) bond motifs is 1. The molecule has 5 rings (SSSR count). The van der Waals surface area contributed by atoms with Gasteiger partial charge in [0.1, 0.15) is 12.7 Å². The molecule has 0 radical (unpaired) electrons. The van der Waals surface area contributed by atoms with Gasteiger partial charge in [0.15, 0.2) is 6.04 Å². The topological polar surface area (TPSA) is 174 Å². The molecule has 1 heterocycles. The Morgan fingerprint density at radius 3 is 2.52 bits per heavy atom. The van der Waals surface area contributed by atoms with E-state index in [1.807, 2.05) is 6.92 Å². The lowest BCUT2D eigenvalue weighted by Crippen LogP contribution is -2.26. The minimum Gasteiger partial charge on any atom is -0.479 e. The molecule has 0 bridgehead atoms. The number of aliphatic carboxylic acids is 1. The number of anilines is 3. The number of ether oxygens (including phenoxy) is 2. The zero-order chi connectivity index (χ0) is 32.8. The van der Waals surface area contributed by atoms with Crippen LogP contribution in [0.3, 0.4) is 0 Å². The van der Waals surface area contributed by atoms with Gasteiger partial charge in [-0.25, -0.2) is 19.9 Å². The number of pyridine rings is 1. The molecule has 1 amide bonds. The first-order valence-corrected chi connectivity index (χ1v) is 14.8. The SMILES string of the molecule is CNCc1cc(NC(=O)OC[C@H](OC)c2ccc(C(Nc3ccc4cc[nH]c(=O)c4c3)C(=O)O)cc2C)ccc1N(OO)C1CC1. The third-order valence-electron chi connectivity index (χ3n) is 7.85. The molecule has 2 atom stereocenters. The van der Waals surface area contributed by atoms with Crippen LogP contribution in [-0.2, 0) is 25.8 Å². The molecule has 1 unspecified atom stereocenters. The van der Waals surface area contributed by atoms with Crippen molar-refractivity contribution in [3.8, 4) is 0 Å². The predicted octanol–water partition coefficient (Wildman–Crippen LogP) is 5.10. The first kappa shape index (κ1) is 32.4. The zero-order valence-electron chi connectivity index (χ0n) is 25.7. The Labute approximate surface area is 265 Å². The van der Waals surface area contributed by atoms with Crippen LogP contribution in [0, 0.1) is 6.92 Å². The molecular formula is C33H37N5O8. The van der Waals surface area contributed by atoms with E-state index in [0.29, 0.717) is 34.6 Å². The molecule has 4 aromatic rings. The first-order valence-electron chi connectivity index (χ1n) is 14.8. The Bertz CT molecular complexity index is 1770. The Kier molecular flexibility index (Phi) is 10.2. The lowest BCUT2D eigenvalue weighted by molar-refractivity contribution is -0.255. The molecule has 1 aliphatic carbocycles. The summed E-state index contributed by atoms with van der Waals surface area (Å²) in [5.41, 5.74) is 4.21. The number of nitrogens with one attached hydrogen (secondary N) is 4. The zero-order valence-corrected chi connectivity index (χ0v) is 25.7. The third-order valence-corrected chi connectivity index (χ3v) is 7.85.